The molecule has 2 N–H and O–H groups in total. The molecule has 0 spiro atoms. The van der Waals surface area contributed by atoms with Crippen LogP contribution in [0.5, 0.6) is 0 Å². The first-order valence-electron chi connectivity index (χ1n) is 8.88. The van der Waals surface area contributed by atoms with Crippen molar-refractivity contribution >= 4 is 17.5 Å². The molecule has 0 radical (unpaired) electrons. The number of hydrogen-bond acceptors (Lipinski definition) is 4. The second-order valence-electron chi connectivity index (χ2n) is 6.09. The fourth-order valence-corrected chi connectivity index (χ4v) is 2.64. The number of carbonyl (C=O) groups is 2. The van der Waals surface area contributed by atoms with Crippen LogP contribution in [0.1, 0.15) is 33.3 Å². The Morgan fingerprint density at radius 2 is 1.75 bits per heavy atom. The predicted octanol–water partition coefficient (Wildman–Crippen LogP) is 2.29. The van der Waals surface area contributed by atoms with Gasteiger partial charge in [-0.25, -0.2) is 4.68 Å². The molecule has 0 saturated heterocycles. The molecule has 0 bridgehead atoms. The van der Waals surface area contributed by atoms with Crippen molar-refractivity contribution in [3.8, 4) is 0 Å². The third kappa shape index (κ3) is 4.70. The highest BCUT2D eigenvalue weighted by Crippen LogP contribution is 2.12. The smallest absolute Gasteiger partial charge is 0.276 e. The lowest BCUT2D eigenvalue weighted by atomic mass is 10.2. The largest absolute Gasteiger partial charge is 0.352 e. The number of anilines is 1. The van der Waals surface area contributed by atoms with E-state index in [0.29, 0.717) is 17.8 Å². The first-order valence-corrected chi connectivity index (χ1v) is 8.88. The van der Waals surface area contributed by atoms with Crippen molar-refractivity contribution in [3.05, 3.63) is 93.9 Å². The molecule has 2 amide bonds. The van der Waals surface area contributed by atoms with Crippen molar-refractivity contribution in [1.29, 1.82) is 0 Å². The number of hydrogen-bond donors (Lipinski definition) is 2. The summed E-state index contributed by atoms with van der Waals surface area (Å²) < 4.78 is 1.25. The number of nitrogens with one attached hydrogen (secondary N) is 2. The van der Waals surface area contributed by atoms with E-state index < -0.39 is 5.91 Å². The Kier molecular flexibility index (Phi) is 5.96. The Morgan fingerprint density at radius 3 is 2.50 bits per heavy atom. The SMILES string of the molecule is CCNC(=O)c1cccc(NC(=O)c2ccc(=O)n(Cc3ccccc3)n2)c1. The molecule has 7 heteroatoms. The number of benzene rings is 2. The maximum Gasteiger partial charge on any atom is 0.276 e. The Morgan fingerprint density at radius 1 is 0.964 bits per heavy atom. The van der Waals surface area contributed by atoms with Crippen LogP contribution in [0.3, 0.4) is 0 Å². The molecule has 0 aliphatic carbocycles. The summed E-state index contributed by atoms with van der Waals surface area (Å²) in [5.41, 5.74) is 1.64. The van der Waals surface area contributed by atoms with Gasteiger partial charge in [0, 0.05) is 23.9 Å². The highest BCUT2D eigenvalue weighted by Gasteiger charge is 2.12. The van der Waals surface area contributed by atoms with Gasteiger partial charge in [-0.05, 0) is 36.8 Å². The molecule has 7 nitrogen and oxygen atoms in total. The number of aromatic nitrogens is 2. The van der Waals surface area contributed by atoms with Gasteiger partial charge in [0.2, 0.25) is 0 Å². The van der Waals surface area contributed by atoms with Crippen LogP contribution in [0.2, 0.25) is 0 Å². The molecule has 0 atom stereocenters. The van der Waals surface area contributed by atoms with Crippen molar-refractivity contribution in [2.45, 2.75) is 13.5 Å². The standard InChI is InChI=1S/C21H20N4O3/c1-2-22-20(27)16-9-6-10-17(13-16)23-21(28)18-11-12-19(26)25(24-18)14-15-7-4-3-5-8-15/h3-13H,2,14H2,1H3,(H,22,27)(H,23,28). The highest BCUT2D eigenvalue weighted by atomic mass is 16.2. The summed E-state index contributed by atoms with van der Waals surface area (Å²) in [5.74, 6) is -0.678. The summed E-state index contributed by atoms with van der Waals surface area (Å²) in [6.45, 7) is 2.62. The minimum Gasteiger partial charge on any atom is -0.352 e. The van der Waals surface area contributed by atoms with E-state index >= 15 is 0 Å². The summed E-state index contributed by atoms with van der Waals surface area (Å²) in [6.07, 6.45) is 0. The van der Waals surface area contributed by atoms with E-state index in [9.17, 15) is 14.4 Å². The maximum absolute atomic E-state index is 12.5. The Labute approximate surface area is 162 Å². The number of amides is 2. The zero-order valence-corrected chi connectivity index (χ0v) is 15.4. The minimum absolute atomic E-state index is 0.110. The Balaban J connectivity index is 1.78. The summed E-state index contributed by atoms with van der Waals surface area (Å²) >= 11 is 0. The first kappa shape index (κ1) is 19.0. The van der Waals surface area contributed by atoms with Crippen LogP contribution in [-0.2, 0) is 6.54 Å². The normalized spacial score (nSPS) is 10.3. The van der Waals surface area contributed by atoms with Gasteiger partial charge in [-0.2, -0.15) is 5.10 Å². The third-order valence-corrected chi connectivity index (χ3v) is 3.99. The van der Waals surface area contributed by atoms with Gasteiger partial charge in [0.25, 0.3) is 17.4 Å². The summed E-state index contributed by atoms with van der Waals surface area (Å²) in [5, 5.41) is 9.58. The maximum atomic E-state index is 12.5. The van der Waals surface area contributed by atoms with E-state index in [1.165, 1.54) is 16.8 Å². The van der Waals surface area contributed by atoms with E-state index in [-0.39, 0.29) is 23.7 Å². The van der Waals surface area contributed by atoms with E-state index in [4.69, 9.17) is 0 Å². The van der Waals surface area contributed by atoms with E-state index in [2.05, 4.69) is 15.7 Å². The molecule has 0 saturated carbocycles. The van der Waals surface area contributed by atoms with Crippen molar-refractivity contribution in [1.82, 2.24) is 15.1 Å². The van der Waals surface area contributed by atoms with E-state index in [0.717, 1.165) is 5.56 Å². The van der Waals surface area contributed by atoms with Crippen LogP contribution in [0.4, 0.5) is 5.69 Å². The van der Waals surface area contributed by atoms with Gasteiger partial charge in [0.05, 0.1) is 6.54 Å². The summed E-state index contributed by atoms with van der Waals surface area (Å²) in [4.78, 5) is 36.5. The quantitative estimate of drug-likeness (QED) is 0.690. The lowest BCUT2D eigenvalue weighted by Gasteiger charge is -2.09. The second kappa shape index (κ2) is 8.77. The van der Waals surface area contributed by atoms with Crippen LogP contribution in [0.15, 0.2) is 71.5 Å². The highest BCUT2D eigenvalue weighted by molar-refractivity contribution is 6.03. The molecular weight excluding hydrogens is 356 g/mol. The molecule has 0 aliphatic heterocycles. The molecule has 1 aromatic heterocycles. The van der Waals surface area contributed by atoms with Crippen LogP contribution in [0.25, 0.3) is 0 Å². The zero-order valence-electron chi connectivity index (χ0n) is 15.4. The molecule has 0 aliphatic rings. The molecule has 142 valence electrons. The van der Waals surface area contributed by atoms with Crippen LogP contribution in [-0.4, -0.2) is 28.1 Å². The lowest BCUT2D eigenvalue weighted by Crippen LogP contribution is -2.26. The van der Waals surface area contributed by atoms with Crippen LogP contribution in [0, 0.1) is 0 Å². The summed E-state index contributed by atoms with van der Waals surface area (Å²) in [6, 6.07) is 18.7. The lowest BCUT2D eigenvalue weighted by molar-refractivity contribution is 0.0954. The van der Waals surface area contributed by atoms with E-state index in [1.807, 2.05) is 37.3 Å². The number of rotatable bonds is 6. The Bertz CT molecular complexity index is 1040. The molecule has 0 fully saturated rings. The van der Waals surface area contributed by atoms with Gasteiger partial charge in [-0.1, -0.05) is 36.4 Å². The van der Waals surface area contributed by atoms with Crippen LogP contribution >= 0.6 is 0 Å². The minimum atomic E-state index is -0.463. The van der Waals surface area contributed by atoms with Gasteiger partial charge in [0.1, 0.15) is 5.69 Å². The fourth-order valence-electron chi connectivity index (χ4n) is 2.64. The number of carbonyl (C=O) groups excluding carboxylic acids is 2. The molecule has 3 aromatic rings. The molecule has 3 rings (SSSR count). The van der Waals surface area contributed by atoms with Gasteiger partial charge in [-0.3, -0.25) is 14.4 Å². The molecule has 1 heterocycles. The number of nitrogens with zero attached hydrogens (tertiary/aromatic N) is 2. The van der Waals surface area contributed by atoms with Gasteiger partial charge in [-0.15, -0.1) is 0 Å². The topological polar surface area (TPSA) is 93.1 Å². The van der Waals surface area contributed by atoms with Crippen LogP contribution < -0.4 is 16.2 Å². The molecular formula is C21H20N4O3. The first-order chi connectivity index (χ1) is 13.6. The van der Waals surface area contributed by atoms with E-state index in [1.54, 1.807) is 24.3 Å². The van der Waals surface area contributed by atoms with Gasteiger partial charge >= 0.3 is 0 Å². The molecule has 28 heavy (non-hydrogen) atoms. The van der Waals surface area contributed by atoms with Crippen molar-refractivity contribution in [2.24, 2.45) is 0 Å². The fraction of sp³-hybridized carbons (Fsp3) is 0.143. The second-order valence-corrected chi connectivity index (χ2v) is 6.09. The van der Waals surface area contributed by atoms with Crippen molar-refractivity contribution in [2.75, 3.05) is 11.9 Å². The zero-order chi connectivity index (χ0) is 19.9. The third-order valence-electron chi connectivity index (χ3n) is 3.99. The monoisotopic (exact) mass is 376 g/mol. The van der Waals surface area contributed by atoms with Gasteiger partial charge in [0.15, 0.2) is 0 Å². The van der Waals surface area contributed by atoms with Crippen molar-refractivity contribution in [3.63, 3.8) is 0 Å². The summed E-state index contributed by atoms with van der Waals surface area (Å²) in [7, 11) is 0. The average molecular weight is 376 g/mol. The predicted molar refractivity (Wildman–Crippen MR) is 106 cm³/mol. The average Bonchev–Trinajstić information content (AvgIpc) is 2.71. The Hall–Kier alpha value is -3.74. The van der Waals surface area contributed by atoms with Gasteiger partial charge < -0.3 is 10.6 Å². The van der Waals surface area contributed by atoms with Crippen molar-refractivity contribution < 1.29 is 9.59 Å². The molecule has 0 unspecified atom stereocenters. The molecule has 2 aromatic carbocycles.